The van der Waals surface area contributed by atoms with Crippen LogP contribution in [0.25, 0.3) is 10.7 Å². The second-order valence-corrected chi connectivity index (χ2v) is 8.12. The van der Waals surface area contributed by atoms with Gasteiger partial charge in [-0.2, -0.15) is 0 Å². The Balaban J connectivity index is 1.46. The molecule has 4 aromatic rings. The van der Waals surface area contributed by atoms with Crippen molar-refractivity contribution in [3.05, 3.63) is 65.8 Å². The smallest absolute Gasteiger partial charge is 0.233 e. The van der Waals surface area contributed by atoms with Gasteiger partial charge in [0.05, 0.1) is 36.2 Å². The van der Waals surface area contributed by atoms with Crippen LogP contribution in [-0.2, 0) is 24.4 Å². The highest BCUT2D eigenvalue weighted by Gasteiger charge is 2.20. The molecule has 0 N–H and O–H groups in total. The van der Waals surface area contributed by atoms with E-state index in [0.29, 0.717) is 13.1 Å². The third-order valence-corrected chi connectivity index (χ3v) is 6.12. The van der Waals surface area contributed by atoms with Crippen LogP contribution >= 0.6 is 23.1 Å². The summed E-state index contributed by atoms with van der Waals surface area (Å²) in [5, 5.41) is 11.4. The van der Waals surface area contributed by atoms with Gasteiger partial charge in [0.25, 0.3) is 0 Å². The van der Waals surface area contributed by atoms with E-state index in [1.54, 1.807) is 28.8 Å². The van der Waals surface area contributed by atoms with Crippen LogP contribution in [0, 0.1) is 0 Å². The monoisotopic (exact) mass is 428 g/mol. The van der Waals surface area contributed by atoms with E-state index in [2.05, 4.69) is 10.2 Å². The Hall–Kier alpha value is -2.78. The highest BCUT2D eigenvalue weighted by molar-refractivity contribution is 7.99. The van der Waals surface area contributed by atoms with Crippen molar-refractivity contribution in [2.75, 3.05) is 5.75 Å². The Kier molecular flexibility index (Phi) is 6.16. The molecule has 0 atom stereocenters. The summed E-state index contributed by atoms with van der Waals surface area (Å²) in [6.07, 6.45) is 3.21. The molecule has 0 spiro atoms. The molecule has 4 aromatic heterocycles. The number of thiophene rings is 1. The summed E-state index contributed by atoms with van der Waals surface area (Å²) in [6.45, 7) is 3.55. The van der Waals surface area contributed by atoms with Gasteiger partial charge in [-0.1, -0.05) is 17.8 Å². The summed E-state index contributed by atoms with van der Waals surface area (Å²) in [7, 11) is 0. The maximum absolute atomic E-state index is 13.0. The van der Waals surface area contributed by atoms with Crippen LogP contribution in [0.1, 0.15) is 18.4 Å². The first-order chi connectivity index (χ1) is 14.2. The normalized spacial score (nSPS) is 11.1. The van der Waals surface area contributed by atoms with Crippen LogP contribution < -0.4 is 0 Å². The van der Waals surface area contributed by atoms with Gasteiger partial charge in [-0.3, -0.25) is 4.79 Å². The third kappa shape index (κ3) is 4.63. The summed E-state index contributed by atoms with van der Waals surface area (Å²) in [5.74, 6) is 2.52. The highest BCUT2D eigenvalue weighted by Crippen LogP contribution is 2.27. The Labute approximate surface area is 176 Å². The third-order valence-electron chi connectivity index (χ3n) is 4.31. The first-order valence-electron chi connectivity index (χ1n) is 9.17. The topological polar surface area (TPSA) is 77.3 Å². The van der Waals surface area contributed by atoms with Crippen LogP contribution in [-0.4, -0.2) is 31.3 Å². The van der Waals surface area contributed by atoms with Crippen molar-refractivity contribution < 1.29 is 13.6 Å². The van der Waals surface area contributed by atoms with E-state index in [0.717, 1.165) is 33.9 Å². The SMILES string of the molecule is CCn1c(SCC(=O)N(Cc2ccco2)Cc2ccco2)nnc1-c1cccs1. The lowest BCUT2D eigenvalue weighted by molar-refractivity contribution is -0.130. The van der Waals surface area contributed by atoms with Gasteiger partial charge in [0.1, 0.15) is 11.5 Å². The number of thioether (sulfide) groups is 1. The number of nitrogens with zero attached hydrogens (tertiary/aromatic N) is 4. The van der Waals surface area contributed by atoms with E-state index in [9.17, 15) is 4.79 Å². The zero-order chi connectivity index (χ0) is 20.1. The van der Waals surface area contributed by atoms with Gasteiger partial charge in [0, 0.05) is 6.54 Å². The molecule has 1 amide bonds. The standard InChI is InChI=1S/C20H20N4O3S2/c1-2-24-19(17-8-5-11-28-17)21-22-20(24)29-14-18(25)23(12-15-6-3-9-26-15)13-16-7-4-10-27-16/h3-11H,2,12-14H2,1H3. The molecule has 150 valence electrons. The van der Waals surface area contributed by atoms with E-state index >= 15 is 0 Å². The summed E-state index contributed by atoms with van der Waals surface area (Å²) in [5.41, 5.74) is 0. The molecule has 0 unspecified atom stereocenters. The van der Waals surface area contributed by atoms with E-state index in [4.69, 9.17) is 8.83 Å². The second-order valence-electron chi connectivity index (χ2n) is 6.22. The average molecular weight is 429 g/mol. The minimum Gasteiger partial charge on any atom is -0.467 e. The second kappa shape index (κ2) is 9.15. The van der Waals surface area contributed by atoms with Gasteiger partial charge < -0.3 is 18.3 Å². The molecule has 0 aliphatic rings. The number of aromatic nitrogens is 3. The Morgan fingerprint density at radius 3 is 2.38 bits per heavy atom. The Bertz CT molecular complexity index is 988. The Morgan fingerprint density at radius 1 is 1.10 bits per heavy atom. The molecular formula is C20H20N4O3S2. The minimum atomic E-state index is -0.0221. The fraction of sp³-hybridized carbons (Fsp3) is 0.250. The zero-order valence-electron chi connectivity index (χ0n) is 15.9. The van der Waals surface area contributed by atoms with E-state index in [1.165, 1.54) is 11.8 Å². The number of furan rings is 2. The number of amides is 1. The maximum Gasteiger partial charge on any atom is 0.233 e. The molecule has 0 aliphatic heterocycles. The predicted octanol–water partition coefficient (Wildman–Crippen LogP) is 4.53. The van der Waals surface area contributed by atoms with Crippen molar-refractivity contribution in [2.45, 2.75) is 31.7 Å². The molecular weight excluding hydrogens is 408 g/mol. The van der Waals surface area contributed by atoms with Crippen LogP contribution in [0.2, 0.25) is 0 Å². The van der Waals surface area contributed by atoms with Crippen LogP contribution in [0.3, 0.4) is 0 Å². The minimum absolute atomic E-state index is 0.0221. The highest BCUT2D eigenvalue weighted by atomic mass is 32.2. The van der Waals surface area contributed by atoms with Crippen molar-refractivity contribution in [2.24, 2.45) is 0 Å². The molecule has 0 fully saturated rings. The summed E-state index contributed by atoms with van der Waals surface area (Å²) < 4.78 is 12.9. The van der Waals surface area contributed by atoms with Crippen LogP contribution in [0.5, 0.6) is 0 Å². The largest absolute Gasteiger partial charge is 0.467 e. The summed E-state index contributed by atoms with van der Waals surface area (Å²) in [6, 6.07) is 11.4. The number of carbonyl (C=O) groups excluding carboxylic acids is 1. The molecule has 0 saturated heterocycles. The van der Waals surface area contributed by atoms with E-state index < -0.39 is 0 Å². The van der Waals surface area contributed by atoms with Crippen molar-refractivity contribution in [1.29, 1.82) is 0 Å². The number of carbonyl (C=O) groups is 1. The zero-order valence-corrected chi connectivity index (χ0v) is 17.5. The van der Waals surface area contributed by atoms with Gasteiger partial charge in [0.15, 0.2) is 11.0 Å². The van der Waals surface area contributed by atoms with Crippen molar-refractivity contribution in [1.82, 2.24) is 19.7 Å². The van der Waals surface area contributed by atoms with Gasteiger partial charge in [0.2, 0.25) is 5.91 Å². The first kappa shape index (κ1) is 19.5. The van der Waals surface area contributed by atoms with Crippen molar-refractivity contribution in [3.63, 3.8) is 0 Å². The number of hydrogen-bond donors (Lipinski definition) is 0. The number of hydrogen-bond acceptors (Lipinski definition) is 7. The Morgan fingerprint density at radius 2 is 1.83 bits per heavy atom. The molecule has 0 bridgehead atoms. The predicted molar refractivity (Wildman–Crippen MR) is 111 cm³/mol. The first-order valence-corrected chi connectivity index (χ1v) is 11.0. The number of rotatable bonds is 9. The van der Waals surface area contributed by atoms with Gasteiger partial charge in [-0.25, -0.2) is 0 Å². The molecule has 0 aromatic carbocycles. The lowest BCUT2D eigenvalue weighted by Gasteiger charge is -2.20. The molecule has 9 heteroatoms. The fourth-order valence-electron chi connectivity index (χ4n) is 2.90. The van der Waals surface area contributed by atoms with Crippen molar-refractivity contribution >= 4 is 29.0 Å². The lowest BCUT2D eigenvalue weighted by Crippen LogP contribution is -2.31. The van der Waals surface area contributed by atoms with Gasteiger partial charge >= 0.3 is 0 Å². The quantitative estimate of drug-likeness (QED) is 0.365. The molecule has 4 heterocycles. The molecule has 7 nitrogen and oxygen atoms in total. The fourth-order valence-corrected chi connectivity index (χ4v) is 4.52. The van der Waals surface area contributed by atoms with Crippen LogP contribution in [0.15, 0.2) is 68.3 Å². The lowest BCUT2D eigenvalue weighted by atomic mass is 10.3. The molecule has 0 saturated carbocycles. The summed E-state index contributed by atoms with van der Waals surface area (Å²) >= 11 is 3.02. The summed E-state index contributed by atoms with van der Waals surface area (Å²) in [4.78, 5) is 15.8. The molecule has 4 rings (SSSR count). The van der Waals surface area contributed by atoms with Gasteiger partial charge in [-0.05, 0) is 42.6 Å². The van der Waals surface area contributed by atoms with Crippen molar-refractivity contribution in [3.8, 4) is 10.7 Å². The molecule has 0 aliphatic carbocycles. The average Bonchev–Trinajstić information content (AvgIpc) is 3.53. The molecule has 29 heavy (non-hydrogen) atoms. The van der Waals surface area contributed by atoms with Crippen LogP contribution in [0.4, 0.5) is 0 Å². The maximum atomic E-state index is 13.0. The van der Waals surface area contributed by atoms with E-state index in [-0.39, 0.29) is 11.7 Å². The van der Waals surface area contributed by atoms with Gasteiger partial charge in [-0.15, -0.1) is 21.5 Å². The molecule has 0 radical (unpaired) electrons. The van der Waals surface area contributed by atoms with E-state index in [1.807, 2.05) is 53.3 Å².